The Morgan fingerprint density at radius 1 is 1.45 bits per heavy atom. The fourth-order valence-corrected chi connectivity index (χ4v) is 3.18. The van der Waals surface area contributed by atoms with Crippen LogP contribution in [0.2, 0.25) is 0 Å². The minimum Gasteiger partial charge on any atom is -0.310 e. The highest BCUT2D eigenvalue weighted by Gasteiger charge is 2.28. The van der Waals surface area contributed by atoms with Crippen molar-refractivity contribution in [3.05, 3.63) is 36.3 Å². The Hall–Kier alpha value is -2.46. The number of nitriles is 1. The molecule has 2 aromatic rings. The van der Waals surface area contributed by atoms with E-state index in [2.05, 4.69) is 16.5 Å². The number of thiazole rings is 1. The molecule has 0 radical (unpaired) electrons. The number of nitrogens with zero attached hydrogens (tertiary/aromatic N) is 3. The van der Waals surface area contributed by atoms with Gasteiger partial charge in [0.15, 0.2) is 11.3 Å². The number of hydrogen-bond acceptors (Lipinski definition) is 5. The standard InChI is InChI=1S/C15H13FN4OS/c16-12-3-1-10(2-4-12)13-7-18-15(22-13)19-14(21)11-5-6-20(8-11)9-17/h1-4,7,11H,5-6,8H2,(H,18,19,21). The Balaban J connectivity index is 1.66. The molecule has 1 N–H and O–H groups in total. The average Bonchev–Trinajstić information content (AvgIpc) is 3.17. The number of hydrogen-bond donors (Lipinski definition) is 1. The van der Waals surface area contributed by atoms with Crippen molar-refractivity contribution >= 4 is 22.4 Å². The second-order valence-electron chi connectivity index (χ2n) is 5.06. The number of likely N-dealkylation sites (tertiary alicyclic amines) is 1. The molecule has 7 heteroatoms. The van der Waals surface area contributed by atoms with E-state index < -0.39 is 0 Å². The van der Waals surface area contributed by atoms with Gasteiger partial charge in [-0.15, -0.1) is 0 Å². The van der Waals surface area contributed by atoms with Gasteiger partial charge in [-0.2, -0.15) is 5.26 Å². The lowest BCUT2D eigenvalue weighted by Crippen LogP contribution is -2.25. The lowest BCUT2D eigenvalue weighted by molar-refractivity contribution is -0.119. The zero-order chi connectivity index (χ0) is 15.5. The molecule has 22 heavy (non-hydrogen) atoms. The van der Waals surface area contributed by atoms with Gasteiger partial charge < -0.3 is 10.2 Å². The summed E-state index contributed by atoms with van der Waals surface area (Å²) in [4.78, 5) is 18.8. The summed E-state index contributed by atoms with van der Waals surface area (Å²) in [6.45, 7) is 1.08. The third-order valence-corrected chi connectivity index (χ3v) is 4.53. The molecule has 112 valence electrons. The zero-order valence-corrected chi connectivity index (χ0v) is 12.4. The molecular weight excluding hydrogens is 303 g/mol. The van der Waals surface area contributed by atoms with Crippen LogP contribution in [0.3, 0.4) is 0 Å². The minimum absolute atomic E-state index is 0.113. The molecule has 0 spiro atoms. The molecule has 1 aromatic carbocycles. The molecule has 1 unspecified atom stereocenters. The van der Waals surface area contributed by atoms with E-state index in [9.17, 15) is 9.18 Å². The van der Waals surface area contributed by atoms with E-state index in [1.165, 1.54) is 23.5 Å². The van der Waals surface area contributed by atoms with E-state index in [0.717, 1.165) is 10.4 Å². The number of halogens is 1. The molecule has 1 aromatic heterocycles. The summed E-state index contributed by atoms with van der Waals surface area (Å²) in [5.74, 6) is -0.583. The fourth-order valence-electron chi connectivity index (χ4n) is 2.35. The zero-order valence-electron chi connectivity index (χ0n) is 11.6. The number of benzene rings is 1. The Morgan fingerprint density at radius 3 is 2.91 bits per heavy atom. The molecule has 0 aliphatic carbocycles. The van der Waals surface area contributed by atoms with E-state index in [0.29, 0.717) is 24.6 Å². The summed E-state index contributed by atoms with van der Waals surface area (Å²) in [6, 6.07) is 6.14. The molecular formula is C15H13FN4OS. The summed E-state index contributed by atoms with van der Waals surface area (Å²) in [5, 5.41) is 12.1. The van der Waals surface area contributed by atoms with E-state index >= 15 is 0 Å². The first-order chi connectivity index (χ1) is 10.7. The number of anilines is 1. The number of aromatic nitrogens is 1. The summed E-state index contributed by atoms with van der Waals surface area (Å²) in [6.07, 6.45) is 4.39. The van der Waals surface area contributed by atoms with Crippen molar-refractivity contribution in [2.75, 3.05) is 18.4 Å². The maximum absolute atomic E-state index is 12.9. The second kappa shape index (κ2) is 6.12. The normalized spacial score (nSPS) is 17.3. The molecule has 0 bridgehead atoms. The quantitative estimate of drug-likeness (QED) is 0.884. The number of nitrogens with one attached hydrogen (secondary N) is 1. The van der Waals surface area contributed by atoms with Gasteiger partial charge in [0.2, 0.25) is 5.91 Å². The third kappa shape index (κ3) is 3.07. The van der Waals surface area contributed by atoms with Crippen LogP contribution in [0.15, 0.2) is 30.5 Å². The van der Waals surface area contributed by atoms with Crippen LogP contribution in [0, 0.1) is 23.2 Å². The molecule has 1 atom stereocenters. The molecule has 0 saturated carbocycles. The molecule has 1 aliphatic rings. The third-order valence-electron chi connectivity index (χ3n) is 3.57. The van der Waals surface area contributed by atoms with Gasteiger partial charge >= 0.3 is 0 Å². The summed E-state index contributed by atoms with van der Waals surface area (Å²) < 4.78 is 12.9. The smallest absolute Gasteiger partial charge is 0.231 e. The van der Waals surface area contributed by atoms with Gasteiger partial charge in [0, 0.05) is 19.3 Å². The second-order valence-corrected chi connectivity index (χ2v) is 6.09. The molecule has 1 amide bonds. The fraction of sp³-hybridized carbons (Fsp3) is 0.267. The molecule has 1 fully saturated rings. The summed E-state index contributed by atoms with van der Waals surface area (Å²) >= 11 is 1.34. The SMILES string of the molecule is N#CN1CCC(C(=O)Nc2ncc(-c3ccc(F)cc3)s2)C1. The monoisotopic (exact) mass is 316 g/mol. The Bertz CT molecular complexity index is 722. The van der Waals surface area contributed by atoms with Gasteiger partial charge in [-0.25, -0.2) is 9.37 Å². The molecule has 2 heterocycles. The average molecular weight is 316 g/mol. The number of carbonyl (C=O) groups is 1. The van der Waals surface area contributed by atoms with Gasteiger partial charge in [-0.3, -0.25) is 4.79 Å². The van der Waals surface area contributed by atoms with Gasteiger partial charge in [0.1, 0.15) is 5.82 Å². The topological polar surface area (TPSA) is 69.0 Å². The van der Waals surface area contributed by atoms with Crippen molar-refractivity contribution in [1.82, 2.24) is 9.88 Å². The first-order valence-corrected chi connectivity index (χ1v) is 7.64. The van der Waals surface area contributed by atoms with Gasteiger partial charge in [-0.1, -0.05) is 23.5 Å². The molecule has 1 saturated heterocycles. The largest absolute Gasteiger partial charge is 0.310 e. The first kappa shape index (κ1) is 14.5. The first-order valence-electron chi connectivity index (χ1n) is 6.83. The van der Waals surface area contributed by atoms with Crippen molar-refractivity contribution in [1.29, 1.82) is 5.26 Å². The van der Waals surface area contributed by atoms with E-state index in [-0.39, 0.29) is 17.6 Å². The van der Waals surface area contributed by atoms with Crippen LogP contribution in [-0.4, -0.2) is 28.9 Å². The van der Waals surface area contributed by atoms with Crippen molar-refractivity contribution in [2.45, 2.75) is 6.42 Å². The lowest BCUT2D eigenvalue weighted by atomic mass is 10.1. The highest BCUT2D eigenvalue weighted by molar-refractivity contribution is 7.19. The van der Waals surface area contributed by atoms with Crippen LogP contribution >= 0.6 is 11.3 Å². The minimum atomic E-state index is -0.287. The van der Waals surface area contributed by atoms with Crippen LogP contribution in [0.5, 0.6) is 0 Å². The molecule has 5 nitrogen and oxygen atoms in total. The van der Waals surface area contributed by atoms with Gasteiger partial charge in [-0.05, 0) is 24.1 Å². The summed E-state index contributed by atoms with van der Waals surface area (Å²) in [5.41, 5.74) is 0.857. The van der Waals surface area contributed by atoms with Crippen molar-refractivity contribution in [2.24, 2.45) is 5.92 Å². The Labute approximate surface area is 131 Å². The van der Waals surface area contributed by atoms with E-state index in [4.69, 9.17) is 5.26 Å². The van der Waals surface area contributed by atoms with Crippen LogP contribution < -0.4 is 5.32 Å². The van der Waals surface area contributed by atoms with Crippen LogP contribution in [0.4, 0.5) is 9.52 Å². The maximum Gasteiger partial charge on any atom is 0.231 e. The van der Waals surface area contributed by atoms with E-state index in [1.807, 2.05) is 0 Å². The predicted molar refractivity (Wildman–Crippen MR) is 81.4 cm³/mol. The molecule has 3 rings (SSSR count). The highest BCUT2D eigenvalue weighted by Crippen LogP contribution is 2.29. The van der Waals surface area contributed by atoms with Crippen LogP contribution in [0.25, 0.3) is 10.4 Å². The summed E-state index contributed by atoms with van der Waals surface area (Å²) in [7, 11) is 0. The Morgan fingerprint density at radius 2 is 2.23 bits per heavy atom. The number of carbonyl (C=O) groups excluding carboxylic acids is 1. The van der Waals surface area contributed by atoms with Crippen molar-refractivity contribution < 1.29 is 9.18 Å². The Kier molecular flexibility index (Phi) is 4.02. The maximum atomic E-state index is 12.9. The lowest BCUT2D eigenvalue weighted by Gasteiger charge is -2.08. The van der Waals surface area contributed by atoms with E-state index in [1.54, 1.807) is 23.2 Å². The predicted octanol–water partition coefficient (Wildman–Crippen LogP) is 2.69. The van der Waals surface area contributed by atoms with Crippen LogP contribution in [0.1, 0.15) is 6.42 Å². The number of amides is 1. The van der Waals surface area contributed by atoms with Gasteiger partial charge in [0.25, 0.3) is 0 Å². The van der Waals surface area contributed by atoms with Crippen molar-refractivity contribution in [3.63, 3.8) is 0 Å². The van der Waals surface area contributed by atoms with Crippen molar-refractivity contribution in [3.8, 4) is 16.6 Å². The van der Waals surface area contributed by atoms with Crippen LogP contribution in [-0.2, 0) is 4.79 Å². The van der Waals surface area contributed by atoms with Gasteiger partial charge in [0.05, 0.1) is 10.8 Å². The highest BCUT2D eigenvalue weighted by atomic mass is 32.1. The number of rotatable bonds is 3. The molecule has 1 aliphatic heterocycles.